The number of carbonyl (C=O) groups excluding carboxylic acids is 1. The molecule has 0 spiro atoms. The van der Waals surface area contributed by atoms with Gasteiger partial charge in [0.25, 0.3) is 0 Å². The third-order valence-corrected chi connectivity index (χ3v) is 5.75. The number of aromatic nitrogens is 2. The van der Waals surface area contributed by atoms with Crippen LogP contribution in [0.15, 0.2) is 42.6 Å². The first kappa shape index (κ1) is 19.0. The molecule has 146 valence electrons. The van der Waals surface area contributed by atoms with E-state index >= 15 is 0 Å². The molecule has 0 unspecified atom stereocenters. The summed E-state index contributed by atoms with van der Waals surface area (Å²) in [5, 5.41) is 0.725. The van der Waals surface area contributed by atoms with Gasteiger partial charge in [-0.15, -0.1) is 0 Å². The highest BCUT2D eigenvalue weighted by Crippen LogP contribution is 2.27. The topological polar surface area (TPSA) is 40.9 Å². The minimum absolute atomic E-state index is 0.156. The number of imidazole rings is 1. The Kier molecular flexibility index (Phi) is 5.38. The van der Waals surface area contributed by atoms with Crippen molar-refractivity contribution in [3.63, 3.8) is 0 Å². The number of aryl methyl sites for hydroxylation is 1. The van der Waals surface area contributed by atoms with Crippen LogP contribution in [0.2, 0.25) is 5.02 Å². The van der Waals surface area contributed by atoms with Crippen LogP contribution >= 0.6 is 11.6 Å². The lowest BCUT2D eigenvalue weighted by Crippen LogP contribution is -2.47. The van der Waals surface area contributed by atoms with Gasteiger partial charge in [0.1, 0.15) is 5.65 Å². The number of benzene rings is 1. The summed E-state index contributed by atoms with van der Waals surface area (Å²) >= 11 is 6.09. The van der Waals surface area contributed by atoms with Gasteiger partial charge < -0.3 is 9.30 Å². The van der Waals surface area contributed by atoms with Crippen LogP contribution in [0.25, 0.3) is 16.9 Å². The fourth-order valence-electron chi connectivity index (χ4n) is 3.77. The number of hydrogen-bond acceptors (Lipinski definition) is 3. The fraction of sp³-hybridized carbons (Fsp3) is 0.364. The Bertz CT molecular complexity index is 988. The molecule has 3 heterocycles. The second-order valence-corrected chi connectivity index (χ2v) is 7.75. The van der Waals surface area contributed by atoms with Crippen LogP contribution in [0, 0.1) is 0 Å². The molecule has 1 amide bonds. The van der Waals surface area contributed by atoms with E-state index in [4.69, 9.17) is 16.6 Å². The van der Waals surface area contributed by atoms with Crippen molar-refractivity contribution in [3.8, 4) is 11.3 Å². The number of halogens is 1. The monoisotopic (exact) mass is 396 g/mol. The Morgan fingerprint density at radius 1 is 1.07 bits per heavy atom. The molecule has 3 aromatic rings. The van der Waals surface area contributed by atoms with Crippen LogP contribution in [0.4, 0.5) is 0 Å². The molecule has 0 N–H and O–H groups in total. The van der Waals surface area contributed by atoms with Crippen LogP contribution in [0.5, 0.6) is 0 Å². The third kappa shape index (κ3) is 3.77. The molecule has 0 saturated carbocycles. The molecule has 0 bridgehead atoms. The number of nitrogens with zero attached hydrogens (tertiary/aromatic N) is 4. The van der Waals surface area contributed by atoms with Crippen LogP contribution < -0.4 is 0 Å². The average Bonchev–Trinajstić information content (AvgIpc) is 3.06. The predicted octanol–water partition coefficient (Wildman–Crippen LogP) is 3.88. The Hall–Kier alpha value is -2.37. The van der Waals surface area contributed by atoms with Crippen LogP contribution in [-0.2, 0) is 17.8 Å². The molecule has 1 aliphatic heterocycles. The van der Waals surface area contributed by atoms with Gasteiger partial charge >= 0.3 is 0 Å². The smallest absolute Gasteiger partial charge is 0.219 e. The summed E-state index contributed by atoms with van der Waals surface area (Å²) in [6, 6.07) is 12.1. The molecule has 0 atom stereocenters. The summed E-state index contributed by atoms with van der Waals surface area (Å²) in [6.07, 6.45) is 3.18. The molecule has 1 fully saturated rings. The van der Waals surface area contributed by atoms with E-state index in [1.54, 1.807) is 6.92 Å². The molecule has 0 radical (unpaired) electrons. The Morgan fingerprint density at radius 2 is 1.79 bits per heavy atom. The number of amides is 1. The van der Waals surface area contributed by atoms with Crippen molar-refractivity contribution in [2.45, 2.75) is 26.8 Å². The second kappa shape index (κ2) is 7.94. The zero-order valence-electron chi connectivity index (χ0n) is 16.4. The molecule has 0 aliphatic carbocycles. The van der Waals surface area contributed by atoms with Crippen molar-refractivity contribution in [1.29, 1.82) is 0 Å². The number of carbonyl (C=O) groups is 1. The van der Waals surface area contributed by atoms with E-state index in [9.17, 15) is 4.79 Å². The molecule has 1 aliphatic rings. The second-order valence-electron chi connectivity index (χ2n) is 7.32. The molecule has 1 aromatic carbocycles. The fourth-order valence-corrected chi connectivity index (χ4v) is 3.90. The third-order valence-electron chi connectivity index (χ3n) is 5.50. The first-order chi connectivity index (χ1) is 13.5. The standard InChI is InChI=1S/C22H25ClN4O/c1-3-17-4-9-21-24-22(18-5-7-19(23)8-6-18)20(27(21)14-17)15-25-10-12-26(13-11-25)16(2)28/h4-9,14H,3,10-13,15H2,1-2H3. The zero-order valence-corrected chi connectivity index (χ0v) is 17.1. The van der Waals surface area contributed by atoms with Crippen molar-refractivity contribution in [2.24, 2.45) is 0 Å². The van der Waals surface area contributed by atoms with Gasteiger partial charge in [0.05, 0.1) is 11.4 Å². The number of rotatable bonds is 4. The maximum atomic E-state index is 11.6. The van der Waals surface area contributed by atoms with Gasteiger partial charge in [0.15, 0.2) is 0 Å². The van der Waals surface area contributed by atoms with E-state index in [0.717, 1.165) is 61.1 Å². The predicted molar refractivity (Wildman–Crippen MR) is 113 cm³/mol. The SMILES string of the molecule is CCc1ccc2nc(-c3ccc(Cl)cc3)c(CN3CCN(C(C)=O)CC3)n2c1. The summed E-state index contributed by atoms with van der Waals surface area (Å²) in [5.74, 6) is 0.156. The molecule has 6 heteroatoms. The molecular weight excluding hydrogens is 372 g/mol. The summed E-state index contributed by atoms with van der Waals surface area (Å²) in [4.78, 5) is 20.9. The zero-order chi connectivity index (χ0) is 19.7. The van der Waals surface area contributed by atoms with Crippen LogP contribution in [-0.4, -0.2) is 51.3 Å². The van der Waals surface area contributed by atoms with E-state index in [2.05, 4.69) is 34.6 Å². The average molecular weight is 397 g/mol. The van der Waals surface area contributed by atoms with Gasteiger partial charge in [-0.25, -0.2) is 4.98 Å². The minimum atomic E-state index is 0.156. The molecule has 4 rings (SSSR count). The van der Waals surface area contributed by atoms with Crippen molar-refractivity contribution in [2.75, 3.05) is 26.2 Å². The van der Waals surface area contributed by atoms with E-state index in [1.807, 2.05) is 29.2 Å². The lowest BCUT2D eigenvalue weighted by Gasteiger charge is -2.34. The van der Waals surface area contributed by atoms with Gasteiger partial charge in [-0.2, -0.15) is 0 Å². The summed E-state index contributed by atoms with van der Waals surface area (Å²) in [6.45, 7) is 7.92. The number of piperazine rings is 1. The molecular formula is C22H25ClN4O. The summed E-state index contributed by atoms with van der Waals surface area (Å²) in [5.41, 5.74) is 5.50. The molecule has 28 heavy (non-hydrogen) atoms. The quantitative estimate of drug-likeness (QED) is 0.672. The maximum absolute atomic E-state index is 11.6. The Balaban J connectivity index is 1.71. The largest absolute Gasteiger partial charge is 0.340 e. The highest BCUT2D eigenvalue weighted by atomic mass is 35.5. The van der Waals surface area contributed by atoms with Gasteiger partial charge in [-0.3, -0.25) is 9.69 Å². The van der Waals surface area contributed by atoms with E-state index < -0.39 is 0 Å². The maximum Gasteiger partial charge on any atom is 0.219 e. The highest BCUT2D eigenvalue weighted by molar-refractivity contribution is 6.30. The molecule has 2 aromatic heterocycles. The number of pyridine rings is 1. The first-order valence-electron chi connectivity index (χ1n) is 9.79. The lowest BCUT2D eigenvalue weighted by molar-refractivity contribution is -0.130. The van der Waals surface area contributed by atoms with Crippen molar-refractivity contribution in [3.05, 3.63) is 58.9 Å². The summed E-state index contributed by atoms with van der Waals surface area (Å²) in [7, 11) is 0. The molecule has 1 saturated heterocycles. The number of hydrogen-bond donors (Lipinski definition) is 0. The van der Waals surface area contributed by atoms with Crippen LogP contribution in [0.3, 0.4) is 0 Å². The molecule has 5 nitrogen and oxygen atoms in total. The first-order valence-corrected chi connectivity index (χ1v) is 10.2. The summed E-state index contributed by atoms with van der Waals surface area (Å²) < 4.78 is 2.22. The Labute approximate surface area is 170 Å². The Morgan fingerprint density at radius 3 is 2.43 bits per heavy atom. The highest BCUT2D eigenvalue weighted by Gasteiger charge is 2.22. The van der Waals surface area contributed by atoms with Crippen molar-refractivity contribution < 1.29 is 4.79 Å². The van der Waals surface area contributed by atoms with Gasteiger partial charge in [-0.05, 0) is 30.2 Å². The minimum Gasteiger partial charge on any atom is -0.340 e. The van der Waals surface area contributed by atoms with E-state index in [1.165, 1.54) is 11.3 Å². The van der Waals surface area contributed by atoms with Gasteiger partial charge in [0, 0.05) is 56.4 Å². The normalized spacial score (nSPS) is 15.3. The number of fused-ring (bicyclic) bond motifs is 1. The van der Waals surface area contributed by atoms with E-state index in [-0.39, 0.29) is 5.91 Å². The van der Waals surface area contributed by atoms with Crippen LogP contribution in [0.1, 0.15) is 25.1 Å². The van der Waals surface area contributed by atoms with Crippen molar-refractivity contribution >= 4 is 23.2 Å². The lowest BCUT2D eigenvalue weighted by atomic mass is 10.1. The van der Waals surface area contributed by atoms with E-state index in [0.29, 0.717) is 0 Å². The van der Waals surface area contributed by atoms with Gasteiger partial charge in [0.2, 0.25) is 5.91 Å². The van der Waals surface area contributed by atoms with Crippen molar-refractivity contribution in [1.82, 2.24) is 19.2 Å². The van der Waals surface area contributed by atoms with Gasteiger partial charge in [-0.1, -0.05) is 36.7 Å².